The van der Waals surface area contributed by atoms with Crippen LogP contribution >= 0.6 is 0 Å². The minimum Gasteiger partial charge on any atom is -0.388 e. The van der Waals surface area contributed by atoms with Gasteiger partial charge >= 0.3 is 0 Å². The molecule has 2 aromatic rings. The molecule has 2 N–H and O–H groups in total. The third-order valence-corrected chi connectivity index (χ3v) is 5.21. The summed E-state index contributed by atoms with van der Waals surface area (Å²) < 4.78 is 0. The number of carbonyl (C=O) groups is 2. The zero-order valence-corrected chi connectivity index (χ0v) is 15.4. The van der Waals surface area contributed by atoms with E-state index < -0.39 is 6.10 Å². The van der Waals surface area contributed by atoms with E-state index in [1.165, 1.54) is 11.0 Å². The molecular formula is C22H24N2O3. The Morgan fingerprint density at radius 3 is 2.37 bits per heavy atom. The van der Waals surface area contributed by atoms with E-state index in [1.54, 1.807) is 31.3 Å². The number of carbonyl (C=O) groups excluding carboxylic acids is 2. The molecule has 2 amide bonds. The second-order valence-corrected chi connectivity index (χ2v) is 7.01. The molecule has 1 aliphatic carbocycles. The van der Waals surface area contributed by atoms with Crippen molar-refractivity contribution in [1.82, 2.24) is 5.32 Å². The van der Waals surface area contributed by atoms with Crippen molar-refractivity contribution in [2.24, 2.45) is 5.41 Å². The summed E-state index contributed by atoms with van der Waals surface area (Å²) in [5.41, 5.74) is 1.80. The van der Waals surface area contributed by atoms with Gasteiger partial charge < -0.3 is 15.3 Å². The molecule has 1 fully saturated rings. The number of benzene rings is 2. The molecule has 0 saturated heterocycles. The van der Waals surface area contributed by atoms with Crippen molar-refractivity contribution >= 4 is 17.5 Å². The molecule has 0 heterocycles. The Morgan fingerprint density at radius 2 is 1.81 bits per heavy atom. The summed E-state index contributed by atoms with van der Waals surface area (Å²) in [7, 11) is 1.65. The third kappa shape index (κ3) is 4.09. The summed E-state index contributed by atoms with van der Waals surface area (Å²) >= 11 is 0. The fraction of sp³-hybridized carbons (Fsp3) is 0.273. The Hall–Kier alpha value is -2.92. The van der Waals surface area contributed by atoms with Gasteiger partial charge in [0, 0.05) is 30.3 Å². The maximum atomic E-state index is 12.5. The number of anilines is 1. The average Bonchev–Trinajstić information content (AvgIpc) is 3.52. The summed E-state index contributed by atoms with van der Waals surface area (Å²) in [6, 6.07) is 16.4. The van der Waals surface area contributed by atoms with Gasteiger partial charge in [-0.3, -0.25) is 9.59 Å². The van der Waals surface area contributed by atoms with Crippen LogP contribution in [0.3, 0.4) is 0 Å². The Bertz CT molecular complexity index is 826. The molecule has 27 heavy (non-hydrogen) atoms. The van der Waals surface area contributed by atoms with Crippen LogP contribution in [0.25, 0.3) is 0 Å². The van der Waals surface area contributed by atoms with Gasteiger partial charge in [0.1, 0.15) is 0 Å². The summed E-state index contributed by atoms with van der Waals surface area (Å²) in [4.78, 5) is 25.6. The Kier molecular flexibility index (Phi) is 5.42. The normalized spacial score (nSPS) is 15.5. The number of aliphatic hydroxyl groups is 1. The third-order valence-electron chi connectivity index (χ3n) is 5.21. The average molecular weight is 364 g/mol. The molecule has 140 valence electrons. The summed E-state index contributed by atoms with van der Waals surface area (Å²) in [6.07, 6.45) is 2.43. The quantitative estimate of drug-likeness (QED) is 0.742. The first kappa shape index (κ1) is 18.9. The fourth-order valence-corrected chi connectivity index (χ4v) is 3.16. The van der Waals surface area contributed by atoms with Crippen LogP contribution in [0.2, 0.25) is 0 Å². The lowest BCUT2D eigenvalue weighted by molar-refractivity contribution is -0.113. The van der Waals surface area contributed by atoms with Crippen LogP contribution in [0.1, 0.15) is 34.9 Å². The van der Waals surface area contributed by atoms with Crippen LogP contribution in [-0.2, 0) is 4.79 Å². The predicted molar refractivity (Wildman–Crippen MR) is 105 cm³/mol. The van der Waals surface area contributed by atoms with Crippen molar-refractivity contribution in [3.63, 3.8) is 0 Å². The van der Waals surface area contributed by atoms with Gasteiger partial charge in [-0.05, 0) is 48.7 Å². The molecule has 0 aliphatic heterocycles. The molecular weight excluding hydrogens is 340 g/mol. The molecule has 2 aromatic carbocycles. The van der Waals surface area contributed by atoms with Gasteiger partial charge in [-0.2, -0.15) is 0 Å². The maximum Gasteiger partial charge on any atom is 0.251 e. The highest BCUT2D eigenvalue weighted by molar-refractivity contribution is 6.01. The number of amides is 2. The molecule has 1 saturated carbocycles. The smallest absolute Gasteiger partial charge is 0.251 e. The highest BCUT2D eigenvalue weighted by atomic mass is 16.3. The summed E-state index contributed by atoms with van der Waals surface area (Å²) in [5.74, 6) is -0.399. The lowest BCUT2D eigenvalue weighted by Gasteiger charge is -2.23. The molecule has 3 rings (SSSR count). The summed E-state index contributed by atoms with van der Waals surface area (Å²) in [5, 5.41) is 13.6. The number of aliphatic hydroxyl groups excluding tert-OH is 1. The topological polar surface area (TPSA) is 69.6 Å². The molecule has 5 heteroatoms. The van der Waals surface area contributed by atoms with Crippen LogP contribution in [-0.4, -0.2) is 30.5 Å². The Labute approximate surface area is 159 Å². The van der Waals surface area contributed by atoms with Gasteiger partial charge in [0.05, 0.1) is 6.10 Å². The molecule has 1 atom stereocenters. The van der Waals surface area contributed by atoms with Gasteiger partial charge in [-0.1, -0.05) is 36.9 Å². The highest BCUT2D eigenvalue weighted by Gasteiger charge is 2.49. The number of hydrogen-bond donors (Lipinski definition) is 2. The zero-order valence-electron chi connectivity index (χ0n) is 15.4. The van der Waals surface area contributed by atoms with Crippen molar-refractivity contribution in [3.05, 3.63) is 78.4 Å². The first-order valence-electron chi connectivity index (χ1n) is 8.98. The molecule has 1 unspecified atom stereocenters. The molecule has 0 bridgehead atoms. The zero-order chi connectivity index (χ0) is 19.4. The van der Waals surface area contributed by atoms with E-state index in [9.17, 15) is 14.7 Å². The van der Waals surface area contributed by atoms with Gasteiger partial charge in [-0.15, -0.1) is 0 Å². The molecule has 1 aliphatic rings. The number of hydrogen-bond acceptors (Lipinski definition) is 3. The van der Waals surface area contributed by atoms with Crippen molar-refractivity contribution in [2.45, 2.75) is 18.9 Å². The number of rotatable bonds is 7. The molecule has 5 nitrogen and oxygen atoms in total. The highest BCUT2D eigenvalue weighted by Crippen LogP contribution is 2.54. The lowest BCUT2D eigenvalue weighted by atomic mass is 9.92. The van der Waals surface area contributed by atoms with E-state index in [1.807, 2.05) is 30.3 Å². The standard InChI is InChI=1S/C22H24N2O3/c1-3-19(25)24(2)18-11-9-17(10-12-18)21(27)23-15-22(13-14-22)20(26)16-7-5-4-6-8-16/h3-12,20,26H,1,13-15H2,2H3,(H,23,27). The minimum atomic E-state index is -0.583. The van der Waals surface area contributed by atoms with Crippen molar-refractivity contribution in [3.8, 4) is 0 Å². The van der Waals surface area contributed by atoms with E-state index >= 15 is 0 Å². The molecule has 0 spiro atoms. The lowest BCUT2D eigenvalue weighted by Crippen LogP contribution is -2.33. The first-order chi connectivity index (χ1) is 13.0. The van der Waals surface area contributed by atoms with Gasteiger partial charge in [0.25, 0.3) is 5.91 Å². The van der Waals surface area contributed by atoms with E-state index in [2.05, 4.69) is 11.9 Å². The van der Waals surface area contributed by atoms with Crippen LogP contribution in [0.4, 0.5) is 5.69 Å². The van der Waals surface area contributed by atoms with E-state index in [-0.39, 0.29) is 17.2 Å². The van der Waals surface area contributed by atoms with E-state index in [4.69, 9.17) is 0 Å². The fourth-order valence-electron chi connectivity index (χ4n) is 3.16. The van der Waals surface area contributed by atoms with Gasteiger partial charge in [-0.25, -0.2) is 0 Å². The van der Waals surface area contributed by atoms with E-state index in [0.717, 1.165) is 18.4 Å². The number of nitrogens with one attached hydrogen (secondary N) is 1. The van der Waals surface area contributed by atoms with Crippen LogP contribution in [0.15, 0.2) is 67.3 Å². The second-order valence-electron chi connectivity index (χ2n) is 7.01. The second kappa shape index (κ2) is 7.76. The minimum absolute atomic E-state index is 0.189. The SMILES string of the molecule is C=CC(=O)N(C)c1ccc(C(=O)NCC2(C(O)c3ccccc3)CC2)cc1. The van der Waals surface area contributed by atoms with Crippen molar-refractivity contribution in [1.29, 1.82) is 0 Å². The first-order valence-corrected chi connectivity index (χ1v) is 8.98. The van der Waals surface area contributed by atoms with Crippen molar-refractivity contribution in [2.75, 3.05) is 18.5 Å². The Balaban J connectivity index is 1.61. The van der Waals surface area contributed by atoms with Gasteiger partial charge in [0.2, 0.25) is 5.91 Å². The molecule has 0 aromatic heterocycles. The Morgan fingerprint density at radius 1 is 1.19 bits per heavy atom. The van der Waals surface area contributed by atoms with Crippen molar-refractivity contribution < 1.29 is 14.7 Å². The van der Waals surface area contributed by atoms with E-state index in [0.29, 0.717) is 17.8 Å². The predicted octanol–water partition coefficient (Wildman–Crippen LogP) is 3.08. The monoisotopic (exact) mass is 364 g/mol. The largest absolute Gasteiger partial charge is 0.388 e. The maximum absolute atomic E-state index is 12.5. The summed E-state index contributed by atoms with van der Waals surface area (Å²) in [6.45, 7) is 3.90. The molecule has 0 radical (unpaired) electrons. The van der Waals surface area contributed by atoms with Crippen LogP contribution < -0.4 is 10.2 Å². The number of likely N-dealkylation sites (N-methyl/N-ethyl adjacent to an activating group) is 1. The number of nitrogens with zero attached hydrogens (tertiary/aromatic N) is 1. The van der Waals surface area contributed by atoms with Gasteiger partial charge in [0.15, 0.2) is 0 Å². The van der Waals surface area contributed by atoms with Crippen LogP contribution in [0, 0.1) is 5.41 Å². The van der Waals surface area contributed by atoms with Crippen LogP contribution in [0.5, 0.6) is 0 Å².